The molecule has 2 aromatic rings. The van der Waals surface area contributed by atoms with Gasteiger partial charge in [0.15, 0.2) is 0 Å². The van der Waals surface area contributed by atoms with Gasteiger partial charge in [0.2, 0.25) is 23.6 Å². The van der Waals surface area contributed by atoms with E-state index in [1.165, 1.54) is 13.8 Å². The van der Waals surface area contributed by atoms with Gasteiger partial charge in [-0.3, -0.25) is 24.0 Å². The number of esters is 1. The van der Waals surface area contributed by atoms with Gasteiger partial charge in [-0.15, -0.1) is 0 Å². The molecule has 2 aromatic carbocycles. The minimum atomic E-state index is -0.481. The molecule has 250 valence electrons. The van der Waals surface area contributed by atoms with Crippen molar-refractivity contribution in [3.05, 3.63) is 59.7 Å². The number of carbonyl (C=O) groups is 5. The second-order valence-corrected chi connectivity index (χ2v) is 11.6. The van der Waals surface area contributed by atoms with E-state index < -0.39 is 6.04 Å². The minimum absolute atomic E-state index is 0.0217. The molecule has 3 rings (SSSR count). The van der Waals surface area contributed by atoms with Crippen LogP contribution in [-0.2, 0) is 30.4 Å². The van der Waals surface area contributed by atoms with Gasteiger partial charge < -0.3 is 29.5 Å². The summed E-state index contributed by atoms with van der Waals surface area (Å²) in [6.45, 7) is 7.29. The topological polar surface area (TPSA) is 126 Å². The molecule has 0 bridgehead atoms. The van der Waals surface area contributed by atoms with E-state index in [1.807, 2.05) is 41.3 Å². The molecule has 0 aromatic heterocycles. The Kier molecular flexibility index (Phi) is 14.5. The highest BCUT2D eigenvalue weighted by atomic mass is 16.5. The number of nitrogens with zero attached hydrogens (tertiary/aromatic N) is 3. The van der Waals surface area contributed by atoms with Gasteiger partial charge in [0.1, 0.15) is 11.5 Å². The van der Waals surface area contributed by atoms with Crippen LogP contribution in [-0.4, -0.2) is 90.7 Å². The molecule has 46 heavy (non-hydrogen) atoms. The second kappa shape index (κ2) is 18.5. The predicted molar refractivity (Wildman–Crippen MR) is 174 cm³/mol. The molecule has 0 saturated carbocycles. The first-order valence-electron chi connectivity index (χ1n) is 16.1. The van der Waals surface area contributed by atoms with E-state index >= 15 is 0 Å². The van der Waals surface area contributed by atoms with Crippen LogP contribution in [0.3, 0.4) is 0 Å². The lowest BCUT2D eigenvalue weighted by Crippen LogP contribution is -2.39. The standard InChI is InChI=1S/C35H48N4O7/c1-26(40)37-20-5-6-21-38(35(44)18-11-29-9-14-32(15-10-29)46-28(3)42)22-7-19-36-34(43)25-33(39(27(2)41)24-8-23-37)30-12-16-31(45-4)17-13-30/h9-10,12-17,33H,5-8,11,18-25H2,1-4H3,(H,36,43)/t33-/m0/s1. The lowest BCUT2D eigenvalue weighted by atomic mass is 10.0. The van der Waals surface area contributed by atoms with Crippen LogP contribution in [0.1, 0.15) is 76.5 Å². The fourth-order valence-electron chi connectivity index (χ4n) is 5.64. The van der Waals surface area contributed by atoms with Crippen molar-refractivity contribution in [2.24, 2.45) is 0 Å². The molecule has 1 heterocycles. The normalized spacial score (nSPS) is 17.4. The summed E-state index contributed by atoms with van der Waals surface area (Å²) in [5.74, 6) is 0.418. The number of aryl methyl sites for hydroxylation is 1. The Labute approximate surface area is 272 Å². The van der Waals surface area contributed by atoms with Gasteiger partial charge in [-0.1, -0.05) is 24.3 Å². The van der Waals surface area contributed by atoms with Gasteiger partial charge in [-0.2, -0.15) is 0 Å². The summed E-state index contributed by atoms with van der Waals surface area (Å²) < 4.78 is 10.4. The number of nitrogens with one attached hydrogen (secondary N) is 1. The molecule has 1 aliphatic heterocycles. The van der Waals surface area contributed by atoms with Crippen LogP contribution in [0.15, 0.2) is 48.5 Å². The molecule has 0 aliphatic carbocycles. The molecule has 1 fully saturated rings. The first kappa shape index (κ1) is 36.1. The van der Waals surface area contributed by atoms with Gasteiger partial charge in [-0.05, 0) is 67.5 Å². The van der Waals surface area contributed by atoms with E-state index in [4.69, 9.17) is 9.47 Å². The van der Waals surface area contributed by atoms with Crippen molar-refractivity contribution in [3.63, 3.8) is 0 Å². The Balaban J connectivity index is 1.71. The van der Waals surface area contributed by atoms with Crippen LogP contribution in [0, 0.1) is 0 Å². The number of hydrogen-bond acceptors (Lipinski definition) is 7. The molecule has 4 amide bonds. The number of benzene rings is 2. The van der Waals surface area contributed by atoms with E-state index in [0.29, 0.717) is 76.5 Å². The summed E-state index contributed by atoms with van der Waals surface area (Å²) in [5.41, 5.74) is 1.79. The minimum Gasteiger partial charge on any atom is -0.497 e. The maximum absolute atomic E-state index is 13.3. The molecule has 0 unspecified atom stereocenters. The highest BCUT2D eigenvalue weighted by molar-refractivity contribution is 5.79. The number of amides is 4. The van der Waals surface area contributed by atoms with Crippen LogP contribution in [0.4, 0.5) is 0 Å². The van der Waals surface area contributed by atoms with Crippen LogP contribution >= 0.6 is 0 Å². The highest BCUT2D eigenvalue weighted by Gasteiger charge is 2.26. The molecule has 11 heteroatoms. The van der Waals surface area contributed by atoms with Crippen LogP contribution in [0.2, 0.25) is 0 Å². The SMILES string of the molecule is COc1ccc([C@@H]2CC(=O)NCCCN(C(=O)CCc3ccc(OC(C)=O)cc3)CCCCN(C(C)=O)CCCN2C(C)=O)cc1. The zero-order chi connectivity index (χ0) is 33.5. The Hall–Kier alpha value is -4.41. The van der Waals surface area contributed by atoms with E-state index in [-0.39, 0.29) is 36.0 Å². The van der Waals surface area contributed by atoms with E-state index in [2.05, 4.69) is 5.32 Å². The summed E-state index contributed by atoms with van der Waals surface area (Å²) >= 11 is 0. The summed E-state index contributed by atoms with van der Waals surface area (Å²) in [6, 6.07) is 14.0. The summed E-state index contributed by atoms with van der Waals surface area (Å²) in [7, 11) is 1.58. The van der Waals surface area contributed by atoms with Gasteiger partial charge >= 0.3 is 5.97 Å². The fraction of sp³-hybridized carbons (Fsp3) is 0.514. The summed E-state index contributed by atoms with van der Waals surface area (Å²) in [5, 5.41) is 2.99. The number of methoxy groups -OCH3 is 1. The third-order valence-corrected chi connectivity index (χ3v) is 8.13. The summed E-state index contributed by atoms with van der Waals surface area (Å²) in [4.78, 5) is 68.3. The molecule has 11 nitrogen and oxygen atoms in total. The van der Waals surface area contributed by atoms with Crippen molar-refractivity contribution in [1.29, 1.82) is 0 Å². The Morgan fingerprint density at radius 2 is 1.37 bits per heavy atom. The number of rotatable bonds is 6. The van der Waals surface area contributed by atoms with Crippen LogP contribution in [0.5, 0.6) is 11.5 Å². The molecule has 0 radical (unpaired) electrons. The monoisotopic (exact) mass is 636 g/mol. The van der Waals surface area contributed by atoms with Gasteiger partial charge in [-0.25, -0.2) is 0 Å². The molecular formula is C35H48N4O7. The first-order valence-corrected chi connectivity index (χ1v) is 16.1. The number of ether oxygens (including phenoxy) is 2. The Bertz CT molecular complexity index is 1310. The third-order valence-electron chi connectivity index (χ3n) is 8.13. The molecule has 1 atom stereocenters. The quantitative estimate of drug-likeness (QED) is 0.377. The lowest BCUT2D eigenvalue weighted by molar-refractivity contribution is -0.134. The molecule has 0 spiro atoms. The van der Waals surface area contributed by atoms with Crippen molar-refractivity contribution < 1.29 is 33.4 Å². The van der Waals surface area contributed by atoms with Crippen LogP contribution in [0.25, 0.3) is 0 Å². The molecule has 1 aliphatic rings. The zero-order valence-electron chi connectivity index (χ0n) is 27.6. The van der Waals surface area contributed by atoms with E-state index in [0.717, 1.165) is 24.0 Å². The van der Waals surface area contributed by atoms with Crippen molar-refractivity contribution in [2.75, 3.05) is 46.4 Å². The first-order chi connectivity index (χ1) is 22.1. The average molecular weight is 637 g/mol. The molecular weight excluding hydrogens is 588 g/mol. The van der Waals surface area contributed by atoms with Crippen molar-refractivity contribution in [2.45, 2.75) is 71.8 Å². The highest BCUT2D eigenvalue weighted by Crippen LogP contribution is 2.27. The Morgan fingerprint density at radius 3 is 1.98 bits per heavy atom. The number of hydrogen-bond donors (Lipinski definition) is 1. The lowest BCUT2D eigenvalue weighted by Gasteiger charge is -2.32. The largest absolute Gasteiger partial charge is 0.497 e. The summed E-state index contributed by atoms with van der Waals surface area (Å²) in [6.07, 6.45) is 3.58. The van der Waals surface area contributed by atoms with Gasteiger partial charge in [0.25, 0.3) is 0 Å². The number of carbonyl (C=O) groups excluding carboxylic acids is 5. The van der Waals surface area contributed by atoms with Crippen molar-refractivity contribution in [1.82, 2.24) is 20.0 Å². The third kappa shape index (κ3) is 11.8. The fourth-order valence-corrected chi connectivity index (χ4v) is 5.64. The van der Waals surface area contributed by atoms with E-state index in [9.17, 15) is 24.0 Å². The van der Waals surface area contributed by atoms with E-state index in [1.54, 1.807) is 36.0 Å². The second-order valence-electron chi connectivity index (χ2n) is 11.6. The van der Waals surface area contributed by atoms with Gasteiger partial charge in [0, 0.05) is 66.5 Å². The zero-order valence-corrected chi connectivity index (χ0v) is 27.6. The molecule has 1 saturated heterocycles. The Morgan fingerprint density at radius 1 is 0.761 bits per heavy atom. The molecule has 1 N–H and O–H groups in total. The van der Waals surface area contributed by atoms with Crippen molar-refractivity contribution in [3.8, 4) is 11.5 Å². The predicted octanol–water partition coefficient (Wildman–Crippen LogP) is 3.90. The van der Waals surface area contributed by atoms with Gasteiger partial charge in [0.05, 0.1) is 19.6 Å². The van der Waals surface area contributed by atoms with Crippen LogP contribution < -0.4 is 14.8 Å². The van der Waals surface area contributed by atoms with Crippen molar-refractivity contribution >= 4 is 29.6 Å². The smallest absolute Gasteiger partial charge is 0.308 e. The maximum atomic E-state index is 13.3. The maximum Gasteiger partial charge on any atom is 0.308 e. The average Bonchev–Trinajstić information content (AvgIpc) is 3.03.